The SMILES string of the molecule is CCOC1=CCCCC(=O)C1. The number of hydrogen-bond donors (Lipinski definition) is 0. The Labute approximate surface area is 67.2 Å². The van der Waals surface area contributed by atoms with E-state index in [2.05, 4.69) is 0 Å². The number of rotatable bonds is 2. The molecule has 0 radical (unpaired) electrons. The third-order valence-corrected chi connectivity index (χ3v) is 1.73. The Morgan fingerprint density at radius 2 is 2.45 bits per heavy atom. The molecule has 0 amide bonds. The molecule has 62 valence electrons. The van der Waals surface area contributed by atoms with Crippen molar-refractivity contribution in [2.75, 3.05) is 6.61 Å². The summed E-state index contributed by atoms with van der Waals surface area (Å²) in [5, 5.41) is 0. The van der Waals surface area contributed by atoms with Crippen molar-refractivity contribution < 1.29 is 9.53 Å². The zero-order valence-electron chi connectivity index (χ0n) is 6.93. The predicted molar refractivity (Wildman–Crippen MR) is 43.2 cm³/mol. The maximum absolute atomic E-state index is 11.0. The summed E-state index contributed by atoms with van der Waals surface area (Å²) >= 11 is 0. The first-order valence-electron chi connectivity index (χ1n) is 4.16. The smallest absolute Gasteiger partial charge is 0.140 e. The molecule has 0 N–H and O–H groups in total. The largest absolute Gasteiger partial charge is 0.498 e. The molecule has 1 aliphatic carbocycles. The highest BCUT2D eigenvalue weighted by Gasteiger charge is 2.09. The monoisotopic (exact) mass is 154 g/mol. The number of carbonyl (C=O) groups excluding carboxylic acids is 1. The molecule has 0 aromatic rings. The fourth-order valence-electron chi connectivity index (χ4n) is 1.21. The average Bonchev–Trinajstić information content (AvgIpc) is 2.15. The Hall–Kier alpha value is -0.790. The second-order valence-electron chi connectivity index (χ2n) is 2.71. The van der Waals surface area contributed by atoms with Gasteiger partial charge in [-0.15, -0.1) is 0 Å². The zero-order valence-corrected chi connectivity index (χ0v) is 6.93. The molecule has 0 bridgehead atoms. The number of allylic oxidation sites excluding steroid dienone is 2. The zero-order chi connectivity index (χ0) is 8.10. The van der Waals surface area contributed by atoms with Gasteiger partial charge in [0.25, 0.3) is 0 Å². The predicted octanol–water partition coefficient (Wildman–Crippen LogP) is 2.05. The van der Waals surface area contributed by atoms with Crippen LogP contribution in [0.2, 0.25) is 0 Å². The van der Waals surface area contributed by atoms with E-state index in [1.54, 1.807) is 0 Å². The fourth-order valence-corrected chi connectivity index (χ4v) is 1.21. The van der Waals surface area contributed by atoms with Crippen molar-refractivity contribution in [2.24, 2.45) is 0 Å². The Morgan fingerprint density at radius 3 is 3.18 bits per heavy atom. The summed E-state index contributed by atoms with van der Waals surface area (Å²) in [4.78, 5) is 11.0. The molecule has 1 aliphatic rings. The molecule has 2 heteroatoms. The first-order chi connectivity index (χ1) is 5.33. The summed E-state index contributed by atoms with van der Waals surface area (Å²) in [7, 11) is 0. The molecule has 0 heterocycles. The van der Waals surface area contributed by atoms with Crippen LogP contribution < -0.4 is 0 Å². The van der Waals surface area contributed by atoms with Crippen LogP contribution in [0, 0.1) is 0 Å². The lowest BCUT2D eigenvalue weighted by molar-refractivity contribution is -0.118. The van der Waals surface area contributed by atoms with E-state index in [1.165, 1.54) is 0 Å². The Morgan fingerprint density at radius 1 is 1.64 bits per heavy atom. The van der Waals surface area contributed by atoms with Gasteiger partial charge in [-0.1, -0.05) is 0 Å². The number of ether oxygens (including phenoxy) is 1. The van der Waals surface area contributed by atoms with Crippen LogP contribution >= 0.6 is 0 Å². The Kier molecular flexibility index (Phi) is 3.14. The molecule has 0 spiro atoms. The van der Waals surface area contributed by atoms with Crippen LogP contribution in [0.3, 0.4) is 0 Å². The van der Waals surface area contributed by atoms with Crippen molar-refractivity contribution in [2.45, 2.75) is 32.6 Å². The van der Waals surface area contributed by atoms with E-state index in [1.807, 2.05) is 13.0 Å². The Balaban J connectivity index is 2.47. The summed E-state index contributed by atoms with van der Waals surface area (Å²) in [6, 6.07) is 0. The lowest BCUT2D eigenvalue weighted by atomic mass is 10.2. The van der Waals surface area contributed by atoms with Gasteiger partial charge in [-0.05, 0) is 25.8 Å². The van der Waals surface area contributed by atoms with Crippen LogP contribution in [0.25, 0.3) is 0 Å². The van der Waals surface area contributed by atoms with Crippen molar-refractivity contribution in [1.29, 1.82) is 0 Å². The first kappa shape index (κ1) is 8.31. The summed E-state index contributed by atoms with van der Waals surface area (Å²) < 4.78 is 5.27. The highest BCUT2D eigenvalue weighted by Crippen LogP contribution is 2.14. The number of Topliss-reactive ketones (excluding diaryl/α,β-unsaturated/α-hetero) is 1. The topological polar surface area (TPSA) is 26.3 Å². The summed E-state index contributed by atoms with van der Waals surface area (Å²) in [5.74, 6) is 1.18. The van der Waals surface area contributed by atoms with E-state index in [0.29, 0.717) is 25.2 Å². The van der Waals surface area contributed by atoms with E-state index >= 15 is 0 Å². The minimum atomic E-state index is 0.308. The van der Waals surface area contributed by atoms with Gasteiger partial charge in [0.05, 0.1) is 18.8 Å². The second-order valence-corrected chi connectivity index (χ2v) is 2.71. The van der Waals surface area contributed by atoms with E-state index in [-0.39, 0.29) is 0 Å². The fraction of sp³-hybridized carbons (Fsp3) is 0.667. The van der Waals surface area contributed by atoms with Gasteiger partial charge in [0, 0.05) is 6.42 Å². The normalized spacial score (nSPS) is 19.0. The Bertz CT molecular complexity index is 170. The molecule has 1 rings (SSSR count). The van der Waals surface area contributed by atoms with Gasteiger partial charge < -0.3 is 4.74 Å². The second kappa shape index (κ2) is 4.16. The molecular formula is C9H14O2. The average molecular weight is 154 g/mol. The highest BCUT2D eigenvalue weighted by atomic mass is 16.5. The molecule has 11 heavy (non-hydrogen) atoms. The van der Waals surface area contributed by atoms with Gasteiger partial charge in [-0.25, -0.2) is 0 Å². The molecule has 0 unspecified atom stereocenters. The minimum absolute atomic E-state index is 0.308. The van der Waals surface area contributed by atoms with Gasteiger partial charge in [0.1, 0.15) is 5.78 Å². The van der Waals surface area contributed by atoms with Crippen molar-refractivity contribution in [1.82, 2.24) is 0 Å². The summed E-state index contributed by atoms with van der Waals surface area (Å²) in [5.41, 5.74) is 0. The van der Waals surface area contributed by atoms with Crippen molar-refractivity contribution in [3.63, 3.8) is 0 Å². The highest BCUT2D eigenvalue weighted by molar-refractivity contribution is 5.80. The van der Waals surface area contributed by atoms with Gasteiger partial charge in [0.2, 0.25) is 0 Å². The summed E-state index contributed by atoms with van der Waals surface area (Å²) in [6.45, 7) is 2.61. The van der Waals surface area contributed by atoms with Crippen LogP contribution in [0.15, 0.2) is 11.8 Å². The summed E-state index contributed by atoms with van der Waals surface area (Å²) in [6.07, 6.45) is 5.23. The molecule has 0 aromatic heterocycles. The van der Waals surface area contributed by atoms with Crippen LogP contribution in [-0.4, -0.2) is 12.4 Å². The van der Waals surface area contributed by atoms with Gasteiger partial charge in [0.15, 0.2) is 0 Å². The van der Waals surface area contributed by atoms with E-state index < -0.39 is 0 Å². The van der Waals surface area contributed by atoms with Crippen molar-refractivity contribution in [3.8, 4) is 0 Å². The third-order valence-electron chi connectivity index (χ3n) is 1.73. The van der Waals surface area contributed by atoms with Crippen molar-refractivity contribution in [3.05, 3.63) is 11.8 Å². The van der Waals surface area contributed by atoms with Gasteiger partial charge >= 0.3 is 0 Å². The van der Waals surface area contributed by atoms with E-state index in [9.17, 15) is 4.79 Å². The van der Waals surface area contributed by atoms with Crippen LogP contribution in [0.4, 0.5) is 0 Å². The molecule has 0 fully saturated rings. The van der Waals surface area contributed by atoms with E-state index in [4.69, 9.17) is 4.74 Å². The maximum Gasteiger partial charge on any atom is 0.140 e. The van der Waals surface area contributed by atoms with Crippen LogP contribution in [0.1, 0.15) is 32.6 Å². The molecular weight excluding hydrogens is 140 g/mol. The molecule has 0 saturated carbocycles. The van der Waals surface area contributed by atoms with Crippen molar-refractivity contribution >= 4 is 5.78 Å². The number of carbonyl (C=O) groups is 1. The maximum atomic E-state index is 11.0. The first-order valence-corrected chi connectivity index (χ1v) is 4.16. The molecule has 0 atom stereocenters. The van der Waals surface area contributed by atoms with E-state index in [0.717, 1.165) is 18.6 Å². The van der Waals surface area contributed by atoms with Crippen LogP contribution in [0.5, 0.6) is 0 Å². The molecule has 0 aliphatic heterocycles. The quantitative estimate of drug-likeness (QED) is 0.608. The molecule has 0 aromatic carbocycles. The number of ketones is 1. The number of hydrogen-bond acceptors (Lipinski definition) is 2. The molecule has 2 nitrogen and oxygen atoms in total. The molecule has 0 saturated heterocycles. The standard InChI is InChI=1S/C9H14O2/c1-2-11-9-6-4-3-5-8(10)7-9/h6H,2-5,7H2,1H3. The van der Waals surface area contributed by atoms with Gasteiger partial charge in [-0.3, -0.25) is 4.79 Å². The minimum Gasteiger partial charge on any atom is -0.498 e. The lowest BCUT2D eigenvalue weighted by Crippen LogP contribution is -1.99. The lowest BCUT2D eigenvalue weighted by Gasteiger charge is -2.04. The van der Waals surface area contributed by atoms with Crippen LogP contribution in [-0.2, 0) is 9.53 Å². The third kappa shape index (κ3) is 2.74. The van der Waals surface area contributed by atoms with Gasteiger partial charge in [-0.2, -0.15) is 0 Å².